The summed E-state index contributed by atoms with van der Waals surface area (Å²) < 4.78 is 10.1. The maximum absolute atomic E-state index is 11.3. The van der Waals surface area contributed by atoms with Crippen molar-refractivity contribution in [3.05, 3.63) is 33.8 Å². The first-order valence-corrected chi connectivity index (χ1v) is 5.36. The van der Waals surface area contributed by atoms with Crippen molar-refractivity contribution in [3.63, 3.8) is 0 Å². The summed E-state index contributed by atoms with van der Waals surface area (Å²) in [7, 11) is 0. The number of furan rings is 1. The van der Waals surface area contributed by atoms with Gasteiger partial charge in [0.1, 0.15) is 11.5 Å². The number of carbonyl (C=O) groups excluding carboxylic acids is 1. The summed E-state index contributed by atoms with van der Waals surface area (Å²) in [6.07, 6.45) is -0.0399. The molecule has 0 saturated carbocycles. The molecular weight excluding hydrogens is 226 g/mol. The van der Waals surface area contributed by atoms with Crippen LogP contribution in [0.1, 0.15) is 30.8 Å². The van der Waals surface area contributed by atoms with Crippen LogP contribution in [0, 0.1) is 17.0 Å². The van der Waals surface area contributed by atoms with E-state index in [9.17, 15) is 14.9 Å². The van der Waals surface area contributed by atoms with Crippen molar-refractivity contribution in [1.29, 1.82) is 0 Å². The standard InChI is InChI=1S/C11H15NO5/c1-3-16-11(13)6-9(7-12(14)15)10-5-4-8(2)17-10/h4-5,9H,3,6-7H2,1-2H3. The van der Waals surface area contributed by atoms with Crippen LogP contribution in [0.2, 0.25) is 0 Å². The highest BCUT2D eigenvalue weighted by molar-refractivity contribution is 5.70. The van der Waals surface area contributed by atoms with Gasteiger partial charge < -0.3 is 9.15 Å². The van der Waals surface area contributed by atoms with Crippen LogP contribution < -0.4 is 0 Å². The molecule has 0 bridgehead atoms. The Balaban J connectivity index is 2.73. The van der Waals surface area contributed by atoms with Gasteiger partial charge in [0.2, 0.25) is 6.54 Å². The number of rotatable bonds is 6. The lowest BCUT2D eigenvalue weighted by Gasteiger charge is -2.09. The average Bonchev–Trinajstić information content (AvgIpc) is 2.63. The first-order valence-electron chi connectivity index (χ1n) is 5.36. The van der Waals surface area contributed by atoms with Gasteiger partial charge in [0, 0.05) is 4.92 Å². The highest BCUT2D eigenvalue weighted by atomic mass is 16.6. The minimum atomic E-state index is -0.572. The maximum Gasteiger partial charge on any atom is 0.306 e. The molecule has 1 atom stereocenters. The van der Waals surface area contributed by atoms with Gasteiger partial charge in [-0.25, -0.2) is 0 Å². The molecular formula is C11H15NO5. The molecule has 0 aromatic carbocycles. The second-order valence-corrected chi connectivity index (χ2v) is 3.67. The lowest BCUT2D eigenvalue weighted by molar-refractivity contribution is -0.483. The van der Waals surface area contributed by atoms with E-state index in [-0.39, 0.29) is 19.6 Å². The van der Waals surface area contributed by atoms with E-state index in [1.165, 1.54) is 0 Å². The predicted octanol–water partition coefficient (Wildman–Crippen LogP) is 1.90. The zero-order chi connectivity index (χ0) is 12.8. The largest absolute Gasteiger partial charge is 0.466 e. The zero-order valence-corrected chi connectivity index (χ0v) is 9.84. The first kappa shape index (κ1) is 13.2. The maximum atomic E-state index is 11.3. The highest BCUT2D eigenvalue weighted by Gasteiger charge is 2.24. The second-order valence-electron chi connectivity index (χ2n) is 3.67. The zero-order valence-electron chi connectivity index (χ0n) is 9.84. The van der Waals surface area contributed by atoms with Gasteiger partial charge in [0.25, 0.3) is 0 Å². The van der Waals surface area contributed by atoms with Crippen molar-refractivity contribution in [3.8, 4) is 0 Å². The Bertz CT molecular complexity index is 398. The van der Waals surface area contributed by atoms with E-state index in [0.29, 0.717) is 11.5 Å². The molecule has 0 radical (unpaired) electrons. The third-order valence-corrected chi connectivity index (χ3v) is 2.25. The van der Waals surface area contributed by atoms with Crippen LogP contribution in [0.25, 0.3) is 0 Å². The van der Waals surface area contributed by atoms with Crippen LogP contribution in [0.15, 0.2) is 16.5 Å². The number of esters is 1. The summed E-state index contributed by atoms with van der Waals surface area (Å²) in [5.41, 5.74) is 0. The number of carbonyl (C=O) groups is 1. The minimum absolute atomic E-state index is 0.0399. The Labute approximate surface area is 98.7 Å². The van der Waals surface area contributed by atoms with Crippen molar-refractivity contribution in [1.82, 2.24) is 0 Å². The van der Waals surface area contributed by atoms with E-state index in [4.69, 9.17) is 9.15 Å². The number of nitro groups is 1. The smallest absolute Gasteiger partial charge is 0.306 e. The number of hydrogen-bond acceptors (Lipinski definition) is 5. The summed E-state index contributed by atoms with van der Waals surface area (Å²) in [5.74, 6) is 0.0932. The molecule has 94 valence electrons. The fourth-order valence-corrected chi connectivity index (χ4v) is 1.53. The van der Waals surface area contributed by atoms with Crippen LogP contribution in [-0.4, -0.2) is 24.0 Å². The lowest BCUT2D eigenvalue weighted by atomic mass is 10.0. The molecule has 6 nitrogen and oxygen atoms in total. The molecule has 1 unspecified atom stereocenters. The molecule has 1 aromatic rings. The number of hydrogen-bond donors (Lipinski definition) is 0. The van der Waals surface area contributed by atoms with Crippen molar-refractivity contribution in [2.45, 2.75) is 26.2 Å². The molecule has 0 spiro atoms. The van der Waals surface area contributed by atoms with Crippen molar-refractivity contribution in [2.75, 3.05) is 13.2 Å². The fraction of sp³-hybridized carbons (Fsp3) is 0.545. The number of ether oxygens (including phenoxy) is 1. The Hall–Kier alpha value is -1.85. The molecule has 1 aromatic heterocycles. The Kier molecular flexibility index (Phi) is 4.68. The molecule has 1 rings (SSSR count). The molecule has 0 N–H and O–H groups in total. The molecule has 6 heteroatoms. The molecule has 0 saturated heterocycles. The SMILES string of the molecule is CCOC(=O)CC(C[N+](=O)[O-])c1ccc(C)o1. The van der Waals surface area contributed by atoms with Crippen LogP contribution >= 0.6 is 0 Å². The Morgan fingerprint density at radius 2 is 2.29 bits per heavy atom. The minimum Gasteiger partial charge on any atom is -0.466 e. The predicted molar refractivity (Wildman–Crippen MR) is 59.3 cm³/mol. The van der Waals surface area contributed by atoms with E-state index in [2.05, 4.69) is 0 Å². The van der Waals surface area contributed by atoms with E-state index >= 15 is 0 Å². The highest BCUT2D eigenvalue weighted by Crippen LogP contribution is 2.22. The van der Waals surface area contributed by atoms with Gasteiger partial charge >= 0.3 is 5.97 Å². The van der Waals surface area contributed by atoms with Gasteiger partial charge in [0.15, 0.2) is 0 Å². The van der Waals surface area contributed by atoms with E-state index in [1.54, 1.807) is 26.0 Å². The van der Waals surface area contributed by atoms with Crippen LogP contribution in [0.3, 0.4) is 0 Å². The normalized spacial score (nSPS) is 12.1. The van der Waals surface area contributed by atoms with Gasteiger partial charge in [0.05, 0.1) is 18.9 Å². The van der Waals surface area contributed by atoms with Crippen LogP contribution in [0.4, 0.5) is 0 Å². The van der Waals surface area contributed by atoms with E-state index in [0.717, 1.165) is 0 Å². The van der Waals surface area contributed by atoms with E-state index < -0.39 is 16.8 Å². The van der Waals surface area contributed by atoms with Gasteiger partial charge in [-0.15, -0.1) is 0 Å². The van der Waals surface area contributed by atoms with Gasteiger partial charge in [-0.3, -0.25) is 14.9 Å². The quantitative estimate of drug-likeness (QED) is 0.431. The fourth-order valence-electron chi connectivity index (χ4n) is 1.53. The topological polar surface area (TPSA) is 82.6 Å². The second kappa shape index (κ2) is 6.03. The molecule has 0 aliphatic rings. The van der Waals surface area contributed by atoms with Crippen molar-refractivity contribution >= 4 is 5.97 Å². The van der Waals surface area contributed by atoms with Gasteiger partial charge in [-0.1, -0.05) is 0 Å². The monoisotopic (exact) mass is 241 g/mol. The molecule has 0 amide bonds. The Morgan fingerprint density at radius 3 is 2.76 bits per heavy atom. The Morgan fingerprint density at radius 1 is 1.59 bits per heavy atom. The van der Waals surface area contributed by atoms with Crippen LogP contribution in [0.5, 0.6) is 0 Å². The molecule has 0 aliphatic heterocycles. The summed E-state index contributed by atoms with van der Waals surface area (Å²) in [4.78, 5) is 21.4. The molecule has 1 heterocycles. The summed E-state index contributed by atoms with van der Waals surface area (Å²) in [5, 5.41) is 10.5. The van der Waals surface area contributed by atoms with Crippen molar-refractivity contribution in [2.24, 2.45) is 0 Å². The lowest BCUT2D eigenvalue weighted by Crippen LogP contribution is -2.17. The first-order chi connectivity index (χ1) is 8.02. The average molecular weight is 241 g/mol. The summed E-state index contributed by atoms with van der Waals surface area (Å²) in [6.45, 7) is 3.36. The molecule has 17 heavy (non-hydrogen) atoms. The summed E-state index contributed by atoms with van der Waals surface area (Å²) >= 11 is 0. The number of nitrogens with zero attached hydrogens (tertiary/aromatic N) is 1. The molecule has 0 fully saturated rings. The van der Waals surface area contributed by atoms with Crippen molar-refractivity contribution < 1.29 is 18.9 Å². The number of aryl methyl sites for hydroxylation is 1. The van der Waals surface area contributed by atoms with E-state index in [1.807, 2.05) is 0 Å². The van der Waals surface area contributed by atoms with Gasteiger partial charge in [-0.2, -0.15) is 0 Å². The van der Waals surface area contributed by atoms with Crippen LogP contribution in [-0.2, 0) is 9.53 Å². The third-order valence-electron chi connectivity index (χ3n) is 2.25. The summed E-state index contributed by atoms with van der Waals surface area (Å²) in [6, 6.07) is 3.37. The van der Waals surface area contributed by atoms with Gasteiger partial charge in [-0.05, 0) is 26.0 Å². The third kappa shape index (κ3) is 4.26. The molecule has 0 aliphatic carbocycles.